The normalized spacial score (nSPS) is 14.2. The molecule has 0 fully saturated rings. The van der Waals surface area contributed by atoms with Crippen molar-refractivity contribution in [3.05, 3.63) is 185 Å². The number of phenolic OH excluding ortho intramolecular Hbond substituents is 1. The van der Waals surface area contributed by atoms with Crippen molar-refractivity contribution in [1.29, 1.82) is 0 Å². The summed E-state index contributed by atoms with van der Waals surface area (Å²) in [4.78, 5) is 10.5. The average Bonchev–Trinajstić information content (AvgIpc) is 3.22. The zero-order valence-electron chi connectivity index (χ0n) is 52.8. The first-order chi connectivity index (χ1) is 37.5. The van der Waals surface area contributed by atoms with Crippen LogP contribution in [0.15, 0.2) is 140 Å². The van der Waals surface area contributed by atoms with E-state index in [-0.39, 0.29) is 65.1 Å². The Balaban J connectivity index is 0.00000810. The van der Waals surface area contributed by atoms with Crippen molar-refractivity contribution in [1.82, 2.24) is 19.1 Å². The average molecular weight is 1190 g/mol. The van der Waals surface area contributed by atoms with E-state index in [4.69, 9.17) is 18.2 Å². The molecule has 0 saturated heterocycles. The number of para-hydroxylation sites is 2. The summed E-state index contributed by atoms with van der Waals surface area (Å²) in [5, 5.41) is 14.5. The van der Waals surface area contributed by atoms with E-state index in [0.29, 0.717) is 11.0 Å². The molecule has 10 rings (SSSR count). The predicted octanol–water partition coefficient (Wildman–Crippen LogP) is 18.8. The third kappa shape index (κ3) is 10.0. The summed E-state index contributed by atoms with van der Waals surface area (Å²) in [6.45, 7) is 27.6. The first-order valence-electron chi connectivity index (χ1n) is 29.3. The Morgan fingerprint density at radius 1 is 0.487 bits per heavy atom. The maximum atomic E-state index is 12.2. The smallest absolute Gasteiger partial charge is 0.148 e. The van der Waals surface area contributed by atoms with Crippen LogP contribution in [0.5, 0.6) is 5.75 Å². The van der Waals surface area contributed by atoms with E-state index in [9.17, 15) is 5.11 Å². The van der Waals surface area contributed by atoms with Gasteiger partial charge in [0.2, 0.25) is 0 Å². The maximum Gasteiger partial charge on any atom is 0.148 e. The molecule has 0 aliphatic heterocycles. The summed E-state index contributed by atoms with van der Waals surface area (Å²) in [7, 11) is 0. The van der Waals surface area contributed by atoms with Crippen LogP contribution in [0.4, 0.5) is 0 Å². The third-order valence-electron chi connectivity index (χ3n) is 14.9. The van der Waals surface area contributed by atoms with Crippen LogP contribution in [-0.2, 0) is 48.1 Å². The van der Waals surface area contributed by atoms with Gasteiger partial charge >= 0.3 is 0 Å². The number of aromatic nitrogens is 4. The van der Waals surface area contributed by atoms with Crippen LogP contribution in [-0.4, -0.2) is 24.2 Å². The second-order valence-electron chi connectivity index (χ2n) is 25.8. The van der Waals surface area contributed by atoms with Gasteiger partial charge in [-0.3, -0.25) is 9.55 Å². The third-order valence-corrected chi connectivity index (χ3v) is 14.9. The number of imidazole rings is 1. The van der Waals surface area contributed by atoms with Crippen molar-refractivity contribution in [2.75, 3.05) is 0 Å². The van der Waals surface area contributed by atoms with E-state index in [0.717, 1.165) is 78.7 Å². The molecule has 0 atom stereocenters. The summed E-state index contributed by atoms with van der Waals surface area (Å²) < 4.78 is 55.2. The van der Waals surface area contributed by atoms with E-state index >= 15 is 0 Å². The molecule has 0 amide bonds. The van der Waals surface area contributed by atoms with Gasteiger partial charge in [0, 0.05) is 68.9 Å². The van der Waals surface area contributed by atoms with Gasteiger partial charge in [-0.05, 0) is 146 Å². The Morgan fingerprint density at radius 3 is 1.74 bits per heavy atom. The summed E-state index contributed by atoms with van der Waals surface area (Å²) in [5.74, 6) is -0.354. The number of fused-ring (bicyclic) bond motifs is 4. The number of benzene rings is 7. The SMILES string of the molecule is [2H]C([2H])([2H])c1cc(-c2nc3c(-c4[c-]c(-c5cc(-c6cc(C(C)(C)C)cc7c8cc(C(C)(C)C)ccc8n(-c8ccccc8)c67)ccn5)cc(C(C)(C)C)c4)cccc3n2-c2cc(C(C)(C)C)cc(C(C)(C)C)c2)c(O)c(C([2H])([2H])[2H])c1.[Pt]. The van der Waals surface area contributed by atoms with Crippen LogP contribution in [0.1, 0.15) is 151 Å². The molecular formula is C70H75N4OPt-. The fourth-order valence-corrected chi connectivity index (χ4v) is 10.3. The predicted molar refractivity (Wildman–Crippen MR) is 318 cm³/mol. The number of nitrogens with zero attached hydrogens (tertiary/aromatic N) is 4. The maximum absolute atomic E-state index is 12.2. The van der Waals surface area contributed by atoms with E-state index in [1.54, 1.807) is 0 Å². The Kier molecular flexibility index (Phi) is 11.8. The van der Waals surface area contributed by atoms with E-state index in [1.807, 2.05) is 29.0 Å². The van der Waals surface area contributed by atoms with Crippen molar-refractivity contribution < 1.29 is 34.4 Å². The van der Waals surface area contributed by atoms with Gasteiger partial charge in [-0.25, -0.2) is 4.98 Å². The fourth-order valence-electron chi connectivity index (χ4n) is 10.3. The van der Waals surface area contributed by atoms with E-state index in [2.05, 4.69) is 218 Å². The number of aromatic hydroxyl groups is 1. The van der Waals surface area contributed by atoms with Crippen molar-refractivity contribution >= 4 is 32.8 Å². The molecule has 0 saturated carbocycles. The minimum atomic E-state index is -2.84. The van der Waals surface area contributed by atoms with Crippen LogP contribution < -0.4 is 0 Å². The van der Waals surface area contributed by atoms with Crippen LogP contribution in [0.3, 0.4) is 0 Å². The molecule has 0 radical (unpaired) electrons. The zero-order chi connectivity index (χ0) is 58.9. The molecule has 0 aliphatic carbocycles. The molecule has 0 spiro atoms. The molecule has 1 N–H and O–H groups in total. The Bertz CT molecular complexity index is 4080. The Morgan fingerprint density at radius 2 is 1.11 bits per heavy atom. The van der Waals surface area contributed by atoms with Gasteiger partial charge in [-0.15, -0.1) is 29.3 Å². The first-order valence-corrected chi connectivity index (χ1v) is 26.3. The number of hydrogen-bond acceptors (Lipinski definition) is 3. The number of hydrogen-bond donors (Lipinski definition) is 1. The molecule has 3 aromatic heterocycles. The van der Waals surface area contributed by atoms with Gasteiger partial charge in [-0.2, -0.15) is 0 Å². The van der Waals surface area contributed by atoms with Gasteiger partial charge in [0.25, 0.3) is 0 Å². The minimum Gasteiger partial charge on any atom is -0.507 e. The van der Waals surface area contributed by atoms with E-state index < -0.39 is 25.0 Å². The molecule has 392 valence electrons. The van der Waals surface area contributed by atoms with Crippen LogP contribution in [0.2, 0.25) is 0 Å². The summed E-state index contributed by atoms with van der Waals surface area (Å²) in [5.41, 5.74) is 14.3. The molecule has 7 aromatic carbocycles. The van der Waals surface area contributed by atoms with Gasteiger partial charge in [-0.1, -0.05) is 170 Å². The number of rotatable bonds is 6. The molecular weight excluding hydrogens is 1110 g/mol. The molecule has 0 unspecified atom stereocenters. The molecule has 5 nitrogen and oxygen atoms in total. The minimum absolute atomic E-state index is 0. The monoisotopic (exact) mass is 1190 g/mol. The van der Waals surface area contributed by atoms with Crippen LogP contribution >= 0.6 is 0 Å². The van der Waals surface area contributed by atoms with Gasteiger partial charge in [0.05, 0.1) is 27.6 Å². The van der Waals surface area contributed by atoms with Gasteiger partial charge in [0.15, 0.2) is 0 Å². The van der Waals surface area contributed by atoms with Crippen molar-refractivity contribution in [2.45, 2.75) is 145 Å². The zero-order valence-corrected chi connectivity index (χ0v) is 49.1. The topological polar surface area (TPSA) is 55.9 Å². The van der Waals surface area contributed by atoms with E-state index in [1.165, 1.54) is 28.0 Å². The van der Waals surface area contributed by atoms with Crippen molar-refractivity contribution in [3.63, 3.8) is 0 Å². The van der Waals surface area contributed by atoms with Crippen molar-refractivity contribution in [3.8, 4) is 62.0 Å². The number of phenols is 1. The first kappa shape index (κ1) is 46.7. The molecule has 0 aliphatic rings. The second-order valence-corrected chi connectivity index (χ2v) is 25.8. The Hall–Kier alpha value is -6.55. The quantitative estimate of drug-likeness (QED) is 0.169. The number of pyridine rings is 1. The van der Waals surface area contributed by atoms with Gasteiger partial charge in [0.1, 0.15) is 11.6 Å². The largest absolute Gasteiger partial charge is 0.507 e. The fraction of sp³-hybridized carbons (Fsp3) is 0.314. The Labute approximate surface area is 475 Å². The standard InChI is InChI=1S/C70H75N4O.Pt/c1-42-30-43(2)64(75)58(31-42)65-72-62-54(24-21-25-61(62)74(65)53-37-49(68(9,10)11)36-50(38-53)69(12,13)14)45-32-46(34-48(33-45)67(6,7)8)59-35-44(28-29-71-59)55-40-51(70(15,16)17)41-57-56-39-47(66(3,4)5)26-27-60(56)73(63(55)57)52-22-19-18-20-23-52;/h18-31,33-41,75H,1-17H3;/q-1;/i1D3,2D3;. The van der Waals surface area contributed by atoms with Crippen LogP contribution in [0.25, 0.3) is 89.1 Å². The summed E-state index contributed by atoms with van der Waals surface area (Å²) in [6.07, 6.45) is 1.89. The number of aryl methyl sites for hydroxylation is 2. The molecule has 3 heterocycles. The molecule has 76 heavy (non-hydrogen) atoms. The summed E-state index contributed by atoms with van der Waals surface area (Å²) >= 11 is 0. The molecule has 6 heteroatoms. The van der Waals surface area contributed by atoms with Crippen LogP contribution in [0, 0.1) is 19.8 Å². The van der Waals surface area contributed by atoms with Gasteiger partial charge < -0.3 is 9.67 Å². The van der Waals surface area contributed by atoms with Crippen molar-refractivity contribution in [2.24, 2.45) is 0 Å². The second kappa shape index (κ2) is 19.2. The molecule has 0 bridgehead atoms. The summed E-state index contributed by atoms with van der Waals surface area (Å²) in [6, 6.07) is 49.5. The molecule has 10 aromatic rings.